The Hall–Kier alpha value is -1.61. The lowest BCUT2D eigenvalue weighted by Gasteiger charge is -2.37. The Morgan fingerprint density at radius 1 is 1.19 bits per heavy atom. The fraction of sp³-hybridized carbons (Fsp3) is 0.412. The van der Waals surface area contributed by atoms with Gasteiger partial charge in [0, 0.05) is 17.8 Å². The summed E-state index contributed by atoms with van der Waals surface area (Å²) >= 11 is 6.06. The van der Waals surface area contributed by atoms with E-state index in [4.69, 9.17) is 11.6 Å². The van der Waals surface area contributed by atoms with Crippen molar-refractivity contribution in [3.63, 3.8) is 0 Å². The van der Waals surface area contributed by atoms with Crippen LogP contribution in [0.5, 0.6) is 0 Å². The van der Waals surface area contributed by atoms with Gasteiger partial charge in [0.15, 0.2) is 0 Å². The summed E-state index contributed by atoms with van der Waals surface area (Å²) < 4.78 is 0. The van der Waals surface area contributed by atoms with Crippen LogP contribution in [0.15, 0.2) is 18.2 Å². The Kier molecular flexibility index (Phi) is 3.62. The van der Waals surface area contributed by atoms with Crippen molar-refractivity contribution in [2.75, 3.05) is 11.4 Å². The minimum atomic E-state index is 0.304. The first kappa shape index (κ1) is 14.3. The molecule has 1 aromatic carbocycles. The van der Waals surface area contributed by atoms with Gasteiger partial charge in [0.05, 0.1) is 6.04 Å². The third kappa shape index (κ3) is 2.51. The number of aryl methyl sites for hydroxylation is 2. The Balaban J connectivity index is 2.04. The second kappa shape index (κ2) is 5.30. The van der Waals surface area contributed by atoms with Crippen molar-refractivity contribution < 1.29 is 0 Å². The van der Waals surface area contributed by atoms with Gasteiger partial charge in [-0.25, -0.2) is 9.97 Å². The van der Waals surface area contributed by atoms with E-state index >= 15 is 0 Å². The molecule has 1 aliphatic heterocycles. The number of halogens is 1. The molecule has 0 aliphatic carbocycles. The van der Waals surface area contributed by atoms with E-state index in [-0.39, 0.29) is 0 Å². The molecule has 0 spiro atoms. The van der Waals surface area contributed by atoms with Crippen LogP contribution in [0.1, 0.15) is 40.9 Å². The molecule has 2 heterocycles. The monoisotopic (exact) mass is 301 g/mol. The molecule has 21 heavy (non-hydrogen) atoms. The van der Waals surface area contributed by atoms with E-state index in [0.717, 1.165) is 30.0 Å². The van der Waals surface area contributed by atoms with Gasteiger partial charge < -0.3 is 4.90 Å². The number of aromatic nitrogens is 2. The third-order valence-corrected chi connectivity index (χ3v) is 4.62. The van der Waals surface area contributed by atoms with Gasteiger partial charge in [0.1, 0.15) is 5.82 Å². The molecule has 3 nitrogen and oxygen atoms in total. The second-order valence-electron chi connectivity index (χ2n) is 5.85. The molecule has 0 bridgehead atoms. The van der Waals surface area contributed by atoms with E-state index in [1.54, 1.807) is 0 Å². The number of anilines is 1. The zero-order chi connectivity index (χ0) is 15.1. The molecule has 4 heteroatoms. The summed E-state index contributed by atoms with van der Waals surface area (Å²) in [6.45, 7) is 9.40. The number of hydrogen-bond donors (Lipinski definition) is 0. The van der Waals surface area contributed by atoms with Crippen LogP contribution in [0.4, 0.5) is 5.82 Å². The molecule has 110 valence electrons. The van der Waals surface area contributed by atoms with Crippen molar-refractivity contribution >= 4 is 17.4 Å². The molecule has 1 aliphatic rings. The van der Waals surface area contributed by atoms with Crippen molar-refractivity contribution in [2.24, 2.45) is 0 Å². The van der Waals surface area contributed by atoms with E-state index in [9.17, 15) is 0 Å². The van der Waals surface area contributed by atoms with Crippen molar-refractivity contribution in [1.82, 2.24) is 9.97 Å². The van der Waals surface area contributed by atoms with E-state index in [0.29, 0.717) is 11.3 Å². The van der Waals surface area contributed by atoms with Crippen LogP contribution in [0.2, 0.25) is 5.28 Å². The number of benzene rings is 1. The van der Waals surface area contributed by atoms with E-state index in [2.05, 4.69) is 53.8 Å². The highest BCUT2D eigenvalue weighted by atomic mass is 35.5. The minimum absolute atomic E-state index is 0.304. The van der Waals surface area contributed by atoms with Gasteiger partial charge in [-0.05, 0) is 56.8 Å². The Morgan fingerprint density at radius 2 is 1.95 bits per heavy atom. The van der Waals surface area contributed by atoms with Gasteiger partial charge in [-0.3, -0.25) is 0 Å². The van der Waals surface area contributed by atoms with Crippen LogP contribution in [-0.2, 0) is 6.42 Å². The lowest BCUT2D eigenvalue weighted by atomic mass is 9.92. The molecule has 0 amide bonds. The largest absolute Gasteiger partial charge is 0.349 e. The zero-order valence-electron chi connectivity index (χ0n) is 12.9. The fourth-order valence-corrected chi connectivity index (χ4v) is 3.32. The first-order valence-electron chi connectivity index (χ1n) is 7.34. The van der Waals surface area contributed by atoms with Crippen LogP contribution in [0, 0.1) is 20.8 Å². The van der Waals surface area contributed by atoms with Crippen molar-refractivity contribution in [3.8, 4) is 0 Å². The summed E-state index contributed by atoms with van der Waals surface area (Å²) in [7, 11) is 0. The second-order valence-corrected chi connectivity index (χ2v) is 6.19. The normalized spacial score (nSPS) is 17.8. The van der Waals surface area contributed by atoms with Gasteiger partial charge in [-0.2, -0.15) is 0 Å². The molecule has 0 N–H and O–H groups in total. The highest BCUT2D eigenvalue weighted by Crippen LogP contribution is 2.35. The molecule has 0 radical (unpaired) electrons. The number of hydrogen-bond acceptors (Lipinski definition) is 3. The molecule has 1 aromatic heterocycles. The Morgan fingerprint density at radius 3 is 2.71 bits per heavy atom. The SMILES string of the molecule is Cc1ccc2c(c1)CCN(c1nc(Cl)nc(C)c1C)C2C. The predicted octanol–water partition coefficient (Wildman–Crippen LogP) is 4.18. The molecular weight excluding hydrogens is 282 g/mol. The van der Waals surface area contributed by atoms with Gasteiger partial charge in [0.2, 0.25) is 5.28 Å². The van der Waals surface area contributed by atoms with Gasteiger partial charge in [-0.1, -0.05) is 23.8 Å². The van der Waals surface area contributed by atoms with Crippen LogP contribution >= 0.6 is 11.6 Å². The summed E-state index contributed by atoms with van der Waals surface area (Å²) in [5.74, 6) is 0.964. The lowest BCUT2D eigenvalue weighted by Crippen LogP contribution is -2.35. The number of fused-ring (bicyclic) bond motifs is 1. The summed E-state index contributed by atoms with van der Waals surface area (Å²) in [6.07, 6.45) is 1.04. The molecule has 2 aromatic rings. The quantitative estimate of drug-likeness (QED) is 0.740. The van der Waals surface area contributed by atoms with Crippen LogP contribution in [0.25, 0.3) is 0 Å². The van der Waals surface area contributed by atoms with E-state index in [1.807, 2.05) is 6.92 Å². The lowest BCUT2D eigenvalue weighted by molar-refractivity contribution is 0.613. The molecule has 1 unspecified atom stereocenters. The molecule has 1 atom stereocenters. The standard InChI is InChI=1S/C17H20ClN3/c1-10-5-6-15-13(4)21(8-7-14(15)9-10)16-11(2)12(3)19-17(18)20-16/h5-6,9,13H,7-8H2,1-4H3. The van der Waals surface area contributed by atoms with Gasteiger partial charge >= 0.3 is 0 Å². The summed E-state index contributed by atoms with van der Waals surface area (Å²) in [4.78, 5) is 11.1. The minimum Gasteiger partial charge on any atom is -0.349 e. The maximum absolute atomic E-state index is 6.06. The average molecular weight is 302 g/mol. The van der Waals surface area contributed by atoms with E-state index < -0.39 is 0 Å². The summed E-state index contributed by atoms with van der Waals surface area (Å²) in [6, 6.07) is 7.03. The third-order valence-electron chi connectivity index (χ3n) is 4.45. The Labute approximate surface area is 131 Å². The highest BCUT2D eigenvalue weighted by Gasteiger charge is 2.26. The smallest absolute Gasteiger partial charge is 0.224 e. The van der Waals surface area contributed by atoms with Gasteiger partial charge in [0.25, 0.3) is 0 Å². The van der Waals surface area contributed by atoms with Crippen LogP contribution in [-0.4, -0.2) is 16.5 Å². The van der Waals surface area contributed by atoms with Crippen molar-refractivity contribution in [2.45, 2.75) is 40.2 Å². The molecule has 0 saturated carbocycles. The number of nitrogens with zero attached hydrogens (tertiary/aromatic N) is 3. The van der Waals surface area contributed by atoms with E-state index in [1.165, 1.54) is 16.7 Å². The summed E-state index contributed by atoms with van der Waals surface area (Å²) in [5.41, 5.74) is 6.23. The fourth-order valence-electron chi connectivity index (χ4n) is 3.11. The zero-order valence-corrected chi connectivity index (χ0v) is 13.7. The molecule has 0 saturated heterocycles. The number of rotatable bonds is 1. The molecular formula is C17H20ClN3. The van der Waals surface area contributed by atoms with Crippen molar-refractivity contribution in [3.05, 3.63) is 51.4 Å². The Bertz CT molecular complexity index is 697. The maximum atomic E-state index is 6.06. The summed E-state index contributed by atoms with van der Waals surface area (Å²) in [5, 5.41) is 0.329. The molecule has 3 rings (SSSR count). The topological polar surface area (TPSA) is 29.0 Å². The van der Waals surface area contributed by atoms with Crippen LogP contribution in [0.3, 0.4) is 0 Å². The predicted molar refractivity (Wildman–Crippen MR) is 87.2 cm³/mol. The first-order chi connectivity index (χ1) is 9.97. The first-order valence-corrected chi connectivity index (χ1v) is 7.72. The average Bonchev–Trinajstić information content (AvgIpc) is 2.43. The highest BCUT2D eigenvalue weighted by molar-refractivity contribution is 6.28. The van der Waals surface area contributed by atoms with Crippen LogP contribution < -0.4 is 4.90 Å². The maximum Gasteiger partial charge on any atom is 0.224 e. The van der Waals surface area contributed by atoms with Crippen molar-refractivity contribution in [1.29, 1.82) is 0 Å². The van der Waals surface area contributed by atoms with Gasteiger partial charge in [-0.15, -0.1) is 0 Å². The molecule has 0 fully saturated rings.